The molecule has 26 heavy (non-hydrogen) atoms. The van der Waals surface area contributed by atoms with Gasteiger partial charge >= 0.3 is 0 Å². The zero-order valence-electron chi connectivity index (χ0n) is 16.4. The zero-order valence-corrected chi connectivity index (χ0v) is 16.4. The summed E-state index contributed by atoms with van der Waals surface area (Å²) in [4.78, 5) is 16.0. The van der Waals surface area contributed by atoms with Gasteiger partial charge in [-0.3, -0.25) is 9.69 Å². The van der Waals surface area contributed by atoms with Gasteiger partial charge in [0.2, 0.25) is 0 Å². The fourth-order valence-corrected chi connectivity index (χ4v) is 5.09. The summed E-state index contributed by atoms with van der Waals surface area (Å²) in [6.45, 7) is 8.34. The number of nitrogens with zero attached hydrogens (tertiary/aromatic N) is 1. The van der Waals surface area contributed by atoms with Crippen molar-refractivity contribution in [3.63, 3.8) is 0 Å². The van der Waals surface area contributed by atoms with Crippen molar-refractivity contribution in [2.75, 3.05) is 38.7 Å². The molecule has 2 aliphatic carbocycles. The number of ketones is 1. The second-order valence-corrected chi connectivity index (χ2v) is 8.74. The Balaban J connectivity index is 1.68. The smallest absolute Gasteiger partial charge is 0.180 e. The van der Waals surface area contributed by atoms with Crippen LogP contribution >= 0.6 is 0 Å². The quantitative estimate of drug-likeness (QED) is 0.789. The third kappa shape index (κ3) is 3.07. The number of likely N-dealkylation sites (tertiary alicyclic amines) is 1. The Kier molecular flexibility index (Phi) is 4.83. The number of rotatable bonds is 6. The van der Waals surface area contributed by atoms with E-state index in [9.17, 15) is 4.79 Å². The van der Waals surface area contributed by atoms with E-state index in [0.29, 0.717) is 18.3 Å². The lowest BCUT2D eigenvalue weighted by molar-refractivity contribution is 0.0642. The van der Waals surface area contributed by atoms with Gasteiger partial charge in [0.1, 0.15) is 0 Å². The minimum absolute atomic E-state index is 0.0582. The number of fused-ring (bicyclic) bond motifs is 4. The monoisotopic (exact) mass is 356 g/mol. The van der Waals surface area contributed by atoms with Gasteiger partial charge in [0.25, 0.3) is 0 Å². The fourth-order valence-electron chi connectivity index (χ4n) is 5.09. The van der Waals surface area contributed by atoms with E-state index < -0.39 is 0 Å². The summed E-state index contributed by atoms with van der Waals surface area (Å²) in [5.41, 5.74) is 3.38. The predicted octanol–water partition coefficient (Wildman–Crippen LogP) is 3.71. The molecular formula is C22H32N2O2. The number of hydrogen-bond acceptors (Lipinski definition) is 4. The van der Waals surface area contributed by atoms with Crippen LogP contribution in [0.5, 0.6) is 0 Å². The first-order valence-corrected chi connectivity index (χ1v) is 10.2. The average Bonchev–Trinajstić information content (AvgIpc) is 3.44. The molecule has 4 nitrogen and oxygen atoms in total. The number of hydrogen-bond donors (Lipinski definition) is 1. The van der Waals surface area contributed by atoms with E-state index in [2.05, 4.69) is 42.3 Å². The van der Waals surface area contributed by atoms with Gasteiger partial charge in [0.05, 0.1) is 12.6 Å². The second-order valence-electron chi connectivity index (χ2n) is 8.74. The Bertz CT molecular complexity index is 685. The molecule has 2 bridgehead atoms. The Morgan fingerprint density at radius 3 is 2.88 bits per heavy atom. The molecule has 1 heterocycles. The molecule has 0 radical (unpaired) electrons. The van der Waals surface area contributed by atoms with E-state index in [1.807, 2.05) is 0 Å². The van der Waals surface area contributed by atoms with Crippen molar-refractivity contribution in [2.45, 2.75) is 51.0 Å². The van der Waals surface area contributed by atoms with Crippen LogP contribution in [0.25, 0.3) is 0 Å². The van der Waals surface area contributed by atoms with Crippen LogP contribution in [0.3, 0.4) is 0 Å². The van der Waals surface area contributed by atoms with Crippen molar-refractivity contribution in [2.24, 2.45) is 11.8 Å². The third-order valence-corrected chi connectivity index (χ3v) is 7.01. The topological polar surface area (TPSA) is 41.6 Å². The average molecular weight is 357 g/mol. The summed E-state index contributed by atoms with van der Waals surface area (Å²) in [6.07, 6.45) is 5.03. The molecule has 0 amide bonds. The highest BCUT2D eigenvalue weighted by atomic mass is 16.5. The van der Waals surface area contributed by atoms with Crippen molar-refractivity contribution in [1.82, 2.24) is 4.90 Å². The molecule has 1 saturated heterocycles. The molecule has 4 rings (SSSR count). The van der Waals surface area contributed by atoms with Crippen molar-refractivity contribution in [3.8, 4) is 0 Å². The number of methoxy groups -OCH3 is 1. The van der Waals surface area contributed by atoms with E-state index in [4.69, 9.17) is 4.74 Å². The van der Waals surface area contributed by atoms with Crippen LogP contribution in [-0.2, 0) is 10.2 Å². The number of benzene rings is 1. The van der Waals surface area contributed by atoms with Crippen LogP contribution in [0.1, 0.15) is 55.5 Å². The van der Waals surface area contributed by atoms with Crippen LogP contribution < -0.4 is 5.32 Å². The molecule has 3 atom stereocenters. The summed E-state index contributed by atoms with van der Waals surface area (Å²) >= 11 is 0. The number of anilines is 1. The highest BCUT2D eigenvalue weighted by Crippen LogP contribution is 2.49. The lowest BCUT2D eigenvalue weighted by Crippen LogP contribution is -2.53. The van der Waals surface area contributed by atoms with E-state index in [1.165, 1.54) is 24.8 Å². The minimum Gasteiger partial charge on any atom is -0.383 e. The van der Waals surface area contributed by atoms with Crippen LogP contribution in [-0.4, -0.2) is 50.1 Å². The normalized spacial score (nSPS) is 31.4. The molecule has 142 valence electrons. The van der Waals surface area contributed by atoms with Crippen molar-refractivity contribution < 1.29 is 9.53 Å². The first-order chi connectivity index (χ1) is 12.5. The molecule has 1 aromatic rings. The molecule has 4 heteroatoms. The Morgan fingerprint density at radius 1 is 1.35 bits per heavy atom. The van der Waals surface area contributed by atoms with E-state index in [0.717, 1.165) is 43.2 Å². The standard InChI is InChI=1S/C22H32N2O2/c1-15-20-21(25)18-8-7-17(23-10-12-26-3)13-19(18)22(15,2)9-4-11-24(20)14-16-5-6-16/h7-8,13,15-16,20,23H,4-6,9-12,14H2,1-3H3/t15-,20-,22+/m0/s1. The van der Waals surface area contributed by atoms with Gasteiger partial charge in [-0.05, 0) is 73.2 Å². The van der Waals surface area contributed by atoms with Gasteiger partial charge in [-0.1, -0.05) is 13.8 Å². The number of ether oxygens (including phenoxy) is 1. The Hall–Kier alpha value is -1.39. The van der Waals surface area contributed by atoms with E-state index >= 15 is 0 Å². The Morgan fingerprint density at radius 2 is 2.15 bits per heavy atom. The summed E-state index contributed by atoms with van der Waals surface area (Å²) < 4.78 is 5.14. The van der Waals surface area contributed by atoms with E-state index in [1.54, 1.807) is 7.11 Å². The Labute approximate surface area is 157 Å². The van der Waals surface area contributed by atoms with Gasteiger partial charge in [0, 0.05) is 31.5 Å². The van der Waals surface area contributed by atoms with Crippen molar-refractivity contribution >= 4 is 11.5 Å². The molecule has 0 aromatic heterocycles. The molecule has 3 aliphatic rings. The highest BCUT2D eigenvalue weighted by molar-refractivity contribution is 6.03. The van der Waals surface area contributed by atoms with Crippen LogP contribution in [0.15, 0.2) is 18.2 Å². The molecule has 0 unspecified atom stereocenters. The van der Waals surface area contributed by atoms with Gasteiger partial charge < -0.3 is 10.1 Å². The molecule has 1 N–H and O–H groups in total. The van der Waals surface area contributed by atoms with Gasteiger partial charge in [-0.25, -0.2) is 0 Å². The molecule has 0 spiro atoms. The SMILES string of the molecule is COCCNc1ccc2c(c1)[C@]1(C)CCCN(CC3CC3)[C@H](C2=O)[C@@H]1C. The van der Waals surface area contributed by atoms with Gasteiger partial charge in [0.15, 0.2) is 5.78 Å². The predicted molar refractivity (Wildman–Crippen MR) is 105 cm³/mol. The largest absolute Gasteiger partial charge is 0.383 e. The molecular weight excluding hydrogens is 324 g/mol. The first kappa shape index (κ1) is 18.0. The molecule has 2 fully saturated rings. The first-order valence-electron chi connectivity index (χ1n) is 10.2. The summed E-state index contributed by atoms with van der Waals surface area (Å²) in [7, 11) is 1.72. The van der Waals surface area contributed by atoms with E-state index in [-0.39, 0.29) is 11.5 Å². The summed E-state index contributed by atoms with van der Waals surface area (Å²) in [6, 6.07) is 6.41. The number of nitrogens with one attached hydrogen (secondary N) is 1. The minimum atomic E-state index is 0.0582. The number of carbonyl (C=O) groups excluding carboxylic acids is 1. The summed E-state index contributed by atoms with van der Waals surface area (Å²) in [5, 5.41) is 3.43. The lowest BCUT2D eigenvalue weighted by atomic mass is 9.61. The maximum Gasteiger partial charge on any atom is 0.180 e. The van der Waals surface area contributed by atoms with Crippen molar-refractivity contribution in [3.05, 3.63) is 29.3 Å². The van der Waals surface area contributed by atoms with Crippen LogP contribution in [0.2, 0.25) is 0 Å². The number of carbonyl (C=O) groups is 1. The molecule has 1 aromatic carbocycles. The van der Waals surface area contributed by atoms with Crippen molar-refractivity contribution in [1.29, 1.82) is 0 Å². The van der Waals surface area contributed by atoms with Crippen LogP contribution in [0.4, 0.5) is 5.69 Å². The van der Waals surface area contributed by atoms with Crippen LogP contribution in [0, 0.1) is 11.8 Å². The zero-order chi connectivity index (χ0) is 18.3. The fraction of sp³-hybridized carbons (Fsp3) is 0.682. The maximum atomic E-state index is 13.4. The third-order valence-electron chi connectivity index (χ3n) is 7.01. The maximum absolute atomic E-state index is 13.4. The highest BCUT2D eigenvalue weighted by Gasteiger charge is 2.51. The van der Waals surface area contributed by atoms with Gasteiger partial charge in [-0.15, -0.1) is 0 Å². The summed E-state index contributed by atoms with van der Waals surface area (Å²) in [5.74, 6) is 1.53. The molecule has 1 saturated carbocycles. The second kappa shape index (κ2) is 6.97. The molecule has 1 aliphatic heterocycles. The number of Topliss-reactive ketones (excluding diaryl/α,β-unsaturated/α-hetero) is 1. The van der Waals surface area contributed by atoms with Gasteiger partial charge in [-0.2, -0.15) is 0 Å². The lowest BCUT2D eigenvalue weighted by Gasteiger charge is -2.46.